The van der Waals surface area contributed by atoms with Crippen LogP contribution in [-0.4, -0.2) is 37.5 Å². The summed E-state index contributed by atoms with van der Waals surface area (Å²) in [4.78, 5) is 16.4. The number of rotatable bonds is 7. The summed E-state index contributed by atoms with van der Waals surface area (Å²) < 4.78 is 1.99. The van der Waals surface area contributed by atoms with Crippen LogP contribution in [-0.2, 0) is 4.79 Å². The zero-order chi connectivity index (χ0) is 19.2. The highest BCUT2D eigenvalue weighted by molar-refractivity contribution is 8.00. The average Bonchev–Trinajstić information content (AvgIpc) is 3.10. The Labute approximate surface area is 163 Å². The van der Waals surface area contributed by atoms with Crippen molar-refractivity contribution in [2.24, 2.45) is 0 Å². The number of aryl methyl sites for hydroxylation is 1. The Hall–Kier alpha value is -2.67. The zero-order valence-corrected chi connectivity index (χ0v) is 16.5. The molecule has 7 heteroatoms. The van der Waals surface area contributed by atoms with E-state index in [0.717, 1.165) is 23.5 Å². The molecule has 0 aliphatic rings. The van der Waals surface area contributed by atoms with Crippen LogP contribution in [0.3, 0.4) is 0 Å². The summed E-state index contributed by atoms with van der Waals surface area (Å²) in [5.74, 6) is 0.732. The highest BCUT2D eigenvalue weighted by Gasteiger charge is 2.21. The van der Waals surface area contributed by atoms with Gasteiger partial charge in [0.2, 0.25) is 5.91 Å². The molecule has 0 aliphatic heterocycles. The van der Waals surface area contributed by atoms with Crippen molar-refractivity contribution in [3.63, 3.8) is 0 Å². The van der Waals surface area contributed by atoms with Crippen molar-refractivity contribution in [1.29, 1.82) is 0 Å². The number of benzene rings is 1. The topological polar surface area (TPSA) is 72.7 Å². The van der Waals surface area contributed by atoms with Crippen molar-refractivity contribution >= 4 is 17.7 Å². The Balaban J connectivity index is 1.98. The normalized spacial score (nSPS) is 12.0. The van der Waals surface area contributed by atoms with Crippen LogP contribution in [0.2, 0.25) is 0 Å². The summed E-state index contributed by atoms with van der Waals surface area (Å²) in [7, 11) is 0. The van der Waals surface area contributed by atoms with Crippen LogP contribution in [0.1, 0.15) is 25.8 Å². The summed E-state index contributed by atoms with van der Waals surface area (Å²) >= 11 is 1.40. The van der Waals surface area contributed by atoms with Crippen LogP contribution in [0.5, 0.6) is 0 Å². The molecule has 1 unspecified atom stereocenters. The molecule has 2 heterocycles. The number of hydrogen-bond acceptors (Lipinski definition) is 5. The summed E-state index contributed by atoms with van der Waals surface area (Å²) in [6.45, 7) is 6.65. The van der Waals surface area contributed by atoms with E-state index in [9.17, 15) is 4.79 Å². The van der Waals surface area contributed by atoms with Gasteiger partial charge < -0.3 is 5.32 Å². The molecule has 0 saturated carbocycles. The first kappa shape index (κ1) is 19.1. The van der Waals surface area contributed by atoms with Crippen LogP contribution in [0.15, 0.2) is 53.9 Å². The highest BCUT2D eigenvalue weighted by Crippen LogP contribution is 2.30. The molecule has 0 spiro atoms. The van der Waals surface area contributed by atoms with E-state index in [1.54, 1.807) is 12.4 Å². The second-order valence-corrected chi connectivity index (χ2v) is 7.57. The lowest BCUT2D eigenvalue weighted by atomic mass is 10.2. The second-order valence-electron chi connectivity index (χ2n) is 6.26. The van der Waals surface area contributed by atoms with Gasteiger partial charge in [-0.2, -0.15) is 0 Å². The predicted molar refractivity (Wildman–Crippen MR) is 108 cm³/mol. The molecule has 0 aliphatic carbocycles. The van der Waals surface area contributed by atoms with Gasteiger partial charge in [0.05, 0.1) is 5.25 Å². The molecule has 1 atom stereocenters. The molecule has 1 amide bonds. The van der Waals surface area contributed by atoms with Crippen molar-refractivity contribution in [3.05, 3.63) is 54.4 Å². The Bertz CT molecular complexity index is 892. The number of hydrogen-bond donors (Lipinski definition) is 1. The van der Waals surface area contributed by atoms with Crippen LogP contribution in [0, 0.1) is 6.92 Å². The van der Waals surface area contributed by atoms with Gasteiger partial charge >= 0.3 is 0 Å². The minimum Gasteiger partial charge on any atom is -0.355 e. The molecule has 1 N–H and O–H groups in total. The van der Waals surface area contributed by atoms with Gasteiger partial charge in [-0.3, -0.25) is 14.3 Å². The molecular formula is C20H23N5OS. The molecule has 6 nitrogen and oxygen atoms in total. The highest BCUT2D eigenvalue weighted by atomic mass is 32.2. The minimum absolute atomic E-state index is 0.00534. The number of nitrogens with zero attached hydrogens (tertiary/aromatic N) is 4. The van der Waals surface area contributed by atoms with E-state index in [-0.39, 0.29) is 11.2 Å². The maximum atomic E-state index is 12.3. The third-order valence-corrected chi connectivity index (χ3v) is 5.11. The first-order valence-electron chi connectivity index (χ1n) is 8.97. The second kappa shape index (κ2) is 8.81. The molecule has 27 heavy (non-hydrogen) atoms. The Kier molecular flexibility index (Phi) is 6.24. The number of aromatic nitrogens is 4. The van der Waals surface area contributed by atoms with Gasteiger partial charge in [0.1, 0.15) is 0 Å². The first-order valence-corrected chi connectivity index (χ1v) is 9.85. The fraction of sp³-hybridized carbons (Fsp3) is 0.300. The number of amides is 1. The lowest BCUT2D eigenvalue weighted by Gasteiger charge is -2.14. The zero-order valence-electron chi connectivity index (χ0n) is 15.7. The van der Waals surface area contributed by atoms with E-state index in [1.165, 1.54) is 17.3 Å². The number of carbonyl (C=O) groups excluding carboxylic acids is 1. The fourth-order valence-electron chi connectivity index (χ4n) is 2.56. The van der Waals surface area contributed by atoms with Gasteiger partial charge in [-0.15, -0.1) is 10.2 Å². The SMILES string of the molecule is CCCNC(=O)C(C)Sc1nnc(-c2ccncc2)n1-c1ccc(C)cc1. The van der Waals surface area contributed by atoms with Crippen molar-refractivity contribution in [1.82, 2.24) is 25.1 Å². The van der Waals surface area contributed by atoms with Crippen molar-refractivity contribution in [2.75, 3.05) is 6.54 Å². The van der Waals surface area contributed by atoms with Crippen molar-refractivity contribution in [2.45, 2.75) is 37.6 Å². The molecular weight excluding hydrogens is 358 g/mol. The first-order chi connectivity index (χ1) is 13.1. The summed E-state index contributed by atoms with van der Waals surface area (Å²) in [6.07, 6.45) is 4.38. The lowest BCUT2D eigenvalue weighted by Crippen LogP contribution is -2.31. The largest absolute Gasteiger partial charge is 0.355 e. The fourth-order valence-corrected chi connectivity index (χ4v) is 3.46. The number of pyridine rings is 1. The molecule has 0 radical (unpaired) electrons. The van der Waals surface area contributed by atoms with Gasteiger partial charge in [-0.25, -0.2) is 0 Å². The standard InChI is InChI=1S/C20H23N5OS/c1-4-11-22-19(26)15(3)27-20-24-23-18(16-9-12-21-13-10-16)25(20)17-7-5-14(2)6-8-17/h5-10,12-13,15H,4,11H2,1-3H3,(H,22,26). The van der Waals surface area contributed by atoms with Crippen LogP contribution >= 0.6 is 11.8 Å². The third-order valence-electron chi connectivity index (χ3n) is 4.06. The van der Waals surface area contributed by atoms with E-state index in [1.807, 2.05) is 42.7 Å². The van der Waals surface area contributed by atoms with Gasteiger partial charge in [0.15, 0.2) is 11.0 Å². The maximum absolute atomic E-state index is 12.3. The van der Waals surface area contributed by atoms with E-state index < -0.39 is 0 Å². The number of thioether (sulfide) groups is 1. The quantitative estimate of drug-likeness (QED) is 0.633. The summed E-state index contributed by atoms with van der Waals surface area (Å²) in [5, 5.41) is 12.1. The van der Waals surface area contributed by atoms with Gasteiger partial charge in [0, 0.05) is 30.2 Å². The minimum atomic E-state index is -0.268. The number of carbonyl (C=O) groups is 1. The van der Waals surface area contributed by atoms with E-state index in [4.69, 9.17) is 0 Å². The van der Waals surface area contributed by atoms with E-state index in [0.29, 0.717) is 11.7 Å². The molecule has 140 valence electrons. The monoisotopic (exact) mass is 381 g/mol. The van der Waals surface area contributed by atoms with E-state index >= 15 is 0 Å². The Morgan fingerprint density at radius 1 is 1.15 bits per heavy atom. The predicted octanol–water partition coefficient (Wildman–Crippen LogP) is 3.64. The van der Waals surface area contributed by atoms with Crippen LogP contribution in [0.25, 0.3) is 17.1 Å². The Morgan fingerprint density at radius 3 is 2.52 bits per heavy atom. The lowest BCUT2D eigenvalue weighted by molar-refractivity contribution is -0.120. The third kappa shape index (κ3) is 4.54. The molecule has 2 aromatic heterocycles. The average molecular weight is 382 g/mol. The maximum Gasteiger partial charge on any atom is 0.233 e. The van der Waals surface area contributed by atoms with Gasteiger partial charge in [-0.05, 0) is 44.5 Å². The van der Waals surface area contributed by atoms with Crippen LogP contribution < -0.4 is 5.32 Å². The number of nitrogens with one attached hydrogen (secondary N) is 1. The molecule has 0 bridgehead atoms. The molecule has 1 aromatic carbocycles. The van der Waals surface area contributed by atoms with Crippen molar-refractivity contribution < 1.29 is 4.79 Å². The Morgan fingerprint density at radius 2 is 1.85 bits per heavy atom. The van der Waals surface area contributed by atoms with E-state index in [2.05, 4.69) is 39.6 Å². The molecule has 3 aromatic rings. The van der Waals surface area contributed by atoms with Crippen molar-refractivity contribution in [3.8, 4) is 17.1 Å². The summed E-state index contributed by atoms with van der Waals surface area (Å²) in [6, 6.07) is 12.0. The summed E-state index contributed by atoms with van der Waals surface area (Å²) in [5.41, 5.74) is 3.06. The van der Waals surface area contributed by atoms with Gasteiger partial charge in [-0.1, -0.05) is 36.4 Å². The molecule has 3 rings (SSSR count). The van der Waals surface area contributed by atoms with Crippen LogP contribution in [0.4, 0.5) is 0 Å². The van der Waals surface area contributed by atoms with Gasteiger partial charge in [0.25, 0.3) is 0 Å². The molecule has 0 saturated heterocycles. The molecule has 0 fully saturated rings. The smallest absolute Gasteiger partial charge is 0.233 e.